The predicted molar refractivity (Wildman–Crippen MR) is 84.7 cm³/mol. The second kappa shape index (κ2) is 7.63. The summed E-state index contributed by atoms with van der Waals surface area (Å²) < 4.78 is 7.24. The van der Waals surface area contributed by atoms with E-state index < -0.39 is 0 Å². The number of nitrogens with zero attached hydrogens (tertiary/aromatic N) is 2. The van der Waals surface area contributed by atoms with Crippen LogP contribution in [0, 0.1) is 11.8 Å². The van der Waals surface area contributed by atoms with E-state index in [0.717, 1.165) is 32.0 Å². The molecule has 0 spiro atoms. The molecule has 0 radical (unpaired) electrons. The second-order valence-electron chi connectivity index (χ2n) is 6.47. The first-order valence-electron chi connectivity index (χ1n) is 8.45. The van der Waals surface area contributed by atoms with Gasteiger partial charge in [-0.05, 0) is 25.2 Å². The molecule has 6 nitrogen and oxygen atoms in total. The van der Waals surface area contributed by atoms with Crippen LogP contribution in [0.15, 0.2) is 12.3 Å². The number of hydrogen-bond donors (Lipinski definition) is 2. The van der Waals surface area contributed by atoms with Gasteiger partial charge < -0.3 is 10.1 Å². The first-order valence-corrected chi connectivity index (χ1v) is 8.45. The fourth-order valence-electron chi connectivity index (χ4n) is 3.34. The Labute approximate surface area is 131 Å². The van der Waals surface area contributed by atoms with Gasteiger partial charge in [0.05, 0.1) is 12.8 Å². The molecule has 2 amide bonds. The summed E-state index contributed by atoms with van der Waals surface area (Å²) in [7, 11) is 0. The van der Waals surface area contributed by atoms with Crippen molar-refractivity contribution in [3.63, 3.8) is 0 Å². The summed E-state index contributed by atoms with van der Waals surface area (Å²) in [5, 5.41) is 10.2. The van der Waals surface area contributed by atoms with Crippen molar-refractivity contribution in [1.29, 1.82) is 0 Å². The van der Waals surface area contributed by atoms with Crippen LogP contribution in [0.2, 0.25) is 0 Å². The molecule has 2 fully saturated rings. The minimum atomic E-state index is -0.155. The van der Waals surface area contributed by atoms with Crippen molar-refractivity contribution in [3.8, 4) is 0 Å². The smallest absolute Gasteiger partial charge is 0.320 e. The molecular weight excluding hydrogens is 280 g/mol. The van der Waals surface area contributed by atoms with Gasteiger partial charge >= 0.3 is 6.03 Å². The van der Waals surface area contributed by atoms with E-state index in [1.165, 1.54) is 32.1 Å². The lowest BCUT2D eigenvalue weighted by atomic mass is 9.89. The summed E-state index contributed by atoms with van der Waals surface area (Å²) in [6, 6.07) is 1.71. The molecule has 2 heterocycles. The van der Waals surface area contributed by atoms with E-state index in [1.54, 1.807) is 6.20 Å². The fraction of sp³-hybridized carbons (Fsp3) is 0.750. The number of nitrogens with one attached hydrogen (secondary N) is 2. The number of amides is 2. The first-order chi connectivity index (χ1) is 10.8. The zero-order chi connectivity index (χ0) is 15.2. The van der Waals surface area contributed by atoms with Crippen molar-refractivity contribution < 1.29 is 9.53 Å². The molecule has 1 aromatic heterocycles. The molecule has 1 aliphatic heterocycles. The summed E-state index contributed by atoms with van der Waals surface area (Å²) in [6.07, 6.45) is 9.31. The van der Waals surface area contributed by atoms with Gasteiger partial charge in [-0.1, -0.05) is 19.3 Å². The van der Waals surface area contributed by atoms with Crippen molar-refractivity contribution in [2.75, 3.05) is 25.1 Å². The highest BCUT2D eigenvalue weighted by Crippen LogP contribution is 2.25. The number of carbonyl (C=O) groups excluding carboxylic acids is 1. The number of aromatic nitrogens is 2. The molecule has 2 aliphatic rings. The molecule has 2 N–H and O–H groups in total. The maximum absolute atomic E-state index is 12.0. The average molecular weight is 306 g/mol. The van der Waals surface area contributed by atoms with Crippen LogP contribution in [0.1, 0.15) is 38.5 Å². The van der Waals surface area contributed by atoms with Gasteiger partial charge in [0.15, 0.2) is 0 Å². The highest BCUT2D eigenvalue weighted by Gasteiger charge is 2.18. The SMILES string of the molecule is O=C(NCC1CCOC1)Nc1ccnn1CC1CCCCC1. The molecule has 22 heavy (non-hydrogen) atoms. The predicted octanol–water partition coefficient (Wildman–Crippen LogP) is 2.62. The van der Waals surface area contributed by atoms with Crippen LogP contribution in [-0.2, 0) is 11.3 Å². The van der Waals surface area contributed by atoms with Gasteiger partial charge in [-0.25, -0.2) is 9.48 Å². The molecule has 0 bridgehead atoms. The molecule has 6 heteroatoms. The molecule has 3 rings (SSSR count). The van der Waals surface area contributed by atoms with E-state index in [1.807, 2.05) is 10.7 Å². The van der Waals surface area contributed by atoms with Gasteiger partial charge in [0, 0.05) is 31.7 Å². The van der Waals surface area contributed by atoms with E-state index >= 15 is 0 Å². The van der Waals surface area contributed by atoms with Crippen molar-refractivity contribution >= 4 is 11.8 Å². The molecule has 122 valence electrons. The summed E-state index contributed by atoms with van der Waals surface area (Å²) in [6.45, 7) is 3.13. The lowest BCUT2D eigenvalue weighted by Crippen LogP contribution is -2.34. The molecule has 0 aromatic carbocycles. The Hall–Kier alpha value is -1.56. The molecule has 1 saturated heterocycles. The summed E-state index contributed by atoms with van der Waals surface area (Å²) in [5.74, 6) is 1.91. The van der Waals surface area contributed by atoms with Crippen LogP contribution in [0.4, 0.5) is 10.6 Å². The third-order valence-electron chi connectivity index (χ3n) is 4.69. The Morgan fingerprint density at radius 2 is 2.14 bits per heavy atom. The van der Waals surface area contributed by atoms with Crippen molar-refractivity contribution in [2.45, 2.75) is 45.1 Å². The third-order valence-corrected chi connectivity index (χ3v) is 4.69. The Kier molecular flexibility index (Phi) is 5.32. The average Bonchev–Trinajstić information content (AvgIpc) is 3.19. The molecule has 1 aliphatic carbocycles. The Morgan fingerprint density at radius 1 is 1.27 bits per heavy atom. The van der Waals surface area contributed by atoms with Gasteiger partial charge in [-0.15, -0.1) is 0 Å². The topological polar surface area (TPSA) is 68.2 Å². The van der Waals surface area contributed by atoms with Crippen LogP contribution in [-0.4, -0.2) is 35.6 Å². The van der Waals surface area contributed by atoms with Crippen LogP contribution >= 0.6 is 0 Å². The van der Waals surface area contributed by atoms with Crippen molar-refractivity contribution in [1.82, 2.24) is 15.1 Å². The maximum Gasteiger partial charge on any atom is 0.320 e. The lowest BCUT2D eigenvalue weighted by Gasteiger charge is -2.22. The van der Waals surface area contributed by atoms with Gasteiger partial charge in [-0.2, -0.15) is 5.10 Å². The number of hydrogen-bond acceptors (Lipinski definition) is 3. The molecule has 1 aromatic rings. The molecular formula is C16H26N4O2. The zero-order valence-corrected chi connectivity index (χ0v) is 13.1. The lowest BCUT2D eigenvalue weighted by molar-refractivity contribution is 0.185. The second-order valence-corrected chi connectivity index (χ2v) is 6.47. The van der Waals surface area contributed by atoms with Crippen LogP contribution in [0.25, 0.3) is 0 Å². The van der Waals surface area contributed by atoms with Crippen LogP contribution < -0.4 is 10.6 Å². The first kappa shape index (κ1) is 15.3. The Bertz CT molecular complexity index is 476. The van der Waals surface area contributed by atoms with Gasteiger partial charge in [0.2, 0.25) is 0 Å². The van der Waals surface area contributed by atoms with E-state index in [4.69, 9.17) is 4.74 Å². The van der Waals surface area contributed by atoms with Crippen LogP contribution in [0.3, 0.4) is 0 Å². The minimum absolute atomic E-state index is 0.155. The number of rotatable bonds is 5. The minimum Gasteiger partial charge on any atom is -0.381 e. The van der Waals surface area contributed by atoms with Gasteiger partial charge in [-0.3, -0.25) is 5.32 Å². The Morgan fingerprint density at radius 3 is 2.91 bits per heavy atom. The largest absolute Gasteiger partial charge is 0.381 e. The van der Waals surface area contributed by atoms with E-state index in [2.05, 4.69) is 15.7 Å². The van der Waals surface area contributed by atoms with Gasteiger partial charge in [0.25, 0.3) is 0 Å². The van der Waals surface area contributed by atoms with E-state index in [9.17, 15) is 4.79 Å². The van der Waals surface area contributed by atoms with Crippen molar-refractivity contribution in [3.05, 3.63) is 12.3 Å². The standard InChI is InChI=1S/C16H26N4O2/c21-16(17-10-14-7-9-22-12-14)19-15-6-8-18-20(15)11-13-4-2-1-3-5-13/h6,8,13-14H,1-5,7,9-12H2,(H2,17,19,21). The zero-order valence-electron chi connectivity index (χ0n) is 13.1. The number of carbonyl (C=O) groups is 1. The van der Waals surface area contributed by atoms with Crippen molar-refractivity contribution in [2.24, 2.45) is 11.8 Å². The summed E-state index contributed by atoms with van der Waals surface area (Å²) in [4.78, 5) is 12.0. The van der Waals surface area contributed by atoms with Crippen LogP contribution in [0.5, 0.6) is 0 Å². The summed E-state index contributed by atoms with van der Waals surface area (Å²) in [5.41, 5.74) is 0. The monoisotopic (exact) mass is 306 g/mol. The third kappa shape index (κ3) is 4.22. The molecule has 1 saturated carbocycles. The maximum atomic E-state index is 12.0. The quantitative estimate of drug-likeness (QED) is 0.878. The molecule has 1 unspecified atom stereocenters. The highest BCUT2D eigenvalue weighted by atomic mass is 16.5. The van der Waals surface area contributed by atoms with E-state index in [-0.39, 0.29) is 6.03 Å². The van der Waals surface area contributed by atoms with Gasteiger partial charge in [0.1, 0.15) is 5.82 Å². The highest BCUT2D eigenvalue weighted by molar-refractivity contribution is 5.88. The Balaban J connectivity index is 1.47. The molecule has 1 atom stereocenters. The number of anilines is 1. The van der Waals surface area contributed by atoms with E-state index in [0.29, 0.717) is 18.4 Å². The normalized spacial score (nSPS) is 22.6. The number of ether oxygens (including phenoxy) is 1. The summed E-state index contributed by atoms with van der Waals surface area (Å²) >= 11 is 0. The fourth-order valence-corrected chi connectivity index (χ4v) is 3.34. The number of urea groups is 1.